The van der Waals surface area contributed by atoms with Crippen molar-refractivity contribution in [3.63, 3.8) is 0 Å². The highest BCUT2D eigenvalue weighted by Crippen LogP contribution is 2.36. The lowest BCUT2D eigenvalue weighted by Gasteiger charge is -2.18. The molecular weight excluding hydrogens is 543 g/mol. The first-order valence-electron chi connectivity index (χ1n) is 12.2. The smallest absolute Gasteiger partial charge is 0.240 e. The Morgan fingerprint density at radius 3 is 2.62 bits per heavy atom. The summed E-state index contributed by atoms with van der Waals surface area (Å²) in [4.78, 5) is 8.86. The Labute approximate surface area is 232 Å². The van der Waals surface area contributed by atoms with E-state index in [-0.39, 0.29) is 17.0 Å². The summed E-state index contributed by atoms with van der Waals surface area (Å²) >= 11 is 6.24. The molecule has 0 bridgehead atoms. The standard InChI is InChI=1S/C27H30ClFN6O3S/c1-27(2,3)35-17-21(25(34-35)18-9-10-22(28)24(15-18)38-4)23-11-14-31-26(33-23)30-12-6-13-32-39(36,37)20-8-5-7-19(29)16-20/h5,7-11,14-17,32H,6,12-13H2,1-4H3,(H,30,31,33). The van der Waals surface area contributed by atoms with Gasteiger partial charge in [0, 0.05) is 36.6 Å². The molecule has 0 atom stereocenters. The van der Waals surface area contributed by atoms with Crippen molar-refractivity contribution in [3.8, 4) is 28.3 Å². The third kappa shape index (κ3) is 6.92. The van der Waals surface area contributed by atoms with E-state index in [1.54, 1.807) is 25.4 Å². The minimum atomic E-state index is -3.79. The Bertz CT molecular complexity index is 1570. The van der Waals surface area contributed by atoms with Crippen molar-refractivity contribution in [2.45, 2.75) is 37.6 Å². The minimum Gasteiger partial charge on any atom is -0.495 e. The lowest BCUT2D eigenvalue weighted by Crippen LogP contribution is -2.26. The van der Waals surface area contributed by atoms with Gasteiger partial charge in [0.25, 0.3) is 0 Å². The molecule has 0 saturated heterocycles. The Morgan fingerprint density at radius 1 is 1.10 bits per heavy atom. The third-order valence-electron chi connectivity index (χ3n) is 5.79. The van der Waals surface area contributed by atoms with E-state index >= 15 is 0 Å². The first kappa shape index (κ1) is 28.5. The van der Waals surface area contributed by atoms with Crippen molar-refractivity contribution in [1.29, 1.82) is 0 Å². The van der Waals surface area contributed by atoms with Crippen molar-refractivity contribution in [2.24, 2.45) is 0 Å². The average molecular weight is 573 g/mol. The summed E-state index contributed by atoms with van der Waals surface area (Å²) in [5.74, 6) is 0.329. The first-order valence-corrected chi connectivity index (χ1v) is 14.1. The van der Waals surface area contributed by atoms with Gasteiger partial charge in [-0.05, 0) is 63.6 Å². The van der Waals surface area contributed by atoms with Crippen LogP contribution in [-0.2, 0) is 15.6 Å². The molecule has 12 heteroatoms. The van der Waals surface area contributed by atoms with Crippen LogP contribution in [0.15, 0.2) is 65.8 Å². The van der Waals surface area contributed by atoms with Crippen LogP contribution in [0.3, 0.4) is 0 Å². The number of rotatable bonds is 10. The van der Waals surface area contributed by atoms with Crippen molar-refractivity contribution >= 4 is 27.6 Å². The molecular formula is C27H30ClFN6O3S. The lowest BCUT2D eigenvalue weighted by atomic mass is 10.1. The summed E-state index contributed by atoms with van der Waals surface area (Å²) in [7, 11) is -2.23. The van der Waals surface area contributed by atoms with Gasteiger partial charge in [-0.1, -0.05) is 23.7 Å². The molecule has 0 aliphatic carbocycles. The van der Waals surface area contributed by atoms with Crippen LogP contribution in [0.1, 0.15) is 27.2 Å². The summed E-state index contributed by atoms with van der Waals surface area (Å²) in [5.41, 5.74) is 2.75. The Morgan fingerprint density at radius 2 is 1.90 bits per heavy atom. The predicted molar refractivity (Wildman–Crippen MR) is 150 cm³/mol. The second-order valence-electron chi connectivity index (χ2n) is 9.76. The van der Waals surface area contributed by atoms with Crippen LogP contribution in [0.25, 0.3) is 22.5 Å². The van der Waals surface area contributed by atoms with Gasteiger partial charge in [-0.15, -0.1) is 0 Å². The highest BCUT2D eigenvalue weighted by atomic mass is 35.5. The van der Waals surface area contributed by atoms with Crippen LogP contribution in [0, 0.1) is 5.82 Å². The second kappa shape index (κ2) is 11.7. The maximum atomic E-state index is 13.4. The van der Waals surface area contributed by atoms with Crippen molar-refractivity contribution < 1.29 is 17.5 Å². The SMILES string of the molecule is COc1cc(-c2nn(C(C)(C)C)cc2-c2ccnc(NCCCNS(=O)(=O)c3cccc(F)c3)n2)ccc1Cl. The molecule has 4 rings (SSSR count). The molecule has 0 fully saturated rings. The van der Waals surface area contributed by atoms with Crippen molar-refractivity contribution in [1.82, 2.24) is 24.5 Å². The van der Waals surface area contributed by atoms with Crippen LogP contribution in [-0.4, -0.2) is 48.4 Å². The van der Waals surface area contributed by atoms with E-state index in [9.17, 15) is 12.8 Å². The van der Waals surface area contributed by atoms with Gasteiger partial charge in [-0.2, -0.15) is 5.10 Å². The fraction of sp³-hybridized carbons (Fsp3) is 0.296. The molecule has 2 N–H and O–H groups in total. The van der Waals surface area contributed by atoms with E-state index in [0.29, 0.717) is 35.4 Å². The van der Waals surface area contributed by atoms with Gasteiger partial charge in [-0.3, -0.25) is 4.68 Å². The van der Waals surface area contributed by atoms with E-state index in [0.717, 1.165) is 22.9 Å². The molecule has 0 spiro atoms. The quantitative estimate of drug-likeness (QED) is 0.247. The monoisotopic (exact) mass is 572 g/mol. The molecule has 2 heterocycles. The van der Waals surface area contributed by atoms with Gasteiger partial charge in [0.1, 0.15) is 17.3 Å². The highest BCUT2D eigenvalue weighted by Gasteiger charge is 2.22. The number of ether oxygens (including phenoxy) is 1. The molecule has 0 aliphatic rings. The third-order valence-corrected chi connectivity index (χ3v) is 7.56. The number of aromatic nitrogens is 4. The Balaban J connectivity index is 1.49. The summed E-state index contributed by atoms with van der Waals surface area (Å²) in [6.45, 7) is 6.76. The van der Waals surface area contributed by atoms with Crippen molar-refractivity contribution in [2.75, 3.05) is 25.5 Å². The topological polar surface area (TPSA) is 111 Å². The molecule has 39 heavy (non-hydrogen) atoms. The minimum absolute atomic E-state index is 0.114. The van der Waals surface area contributed by atoms with Crippen LogP contribution in [0.4, 0.5) is 10.3 Å². The number of nitrogens with zero attached hydrogens (tertiary/aromatic N) is 4. The van der Waals surface area contributed by atoms with Gasteiger partial charge in [0.15, 0.2) is 0 Å². The molecule has 0 aliphatic heterocycles. The summed E-state index contributed by atoms with van der Waals surface area (Å²) in [5, 5.41) is 8.49. The molecule has 4 aromatic rings. The number of hydrogen-bond donors (Lipinski definition) is 2. The van der Waals surface area contributed by atoms with E-state index in [4.69, 9.17) is 21.4 Å². The molecule has 0 unspecified atom stereocenters. The van der Waals surface area contributed by atoms with Crippen LogP contribution >= 0.6 is 11.6 Å². The van der Waals surface area contributed by atoms with Crippen LogP contribution < -0.4 is 14.8 Å². The highest BCUT2D eigenvalue weighted by molar-refractivity contribution is 7.89. The van der Waals surface area contributed by atoms with Gasteiger partial charge in [-0.25, -0.2) is 27.5 Å². The Hall–Kier alpha value is -3.54. The van der Waals surface area contributed by atoms with E-state index in [1.165, 1.54) is 18.2 Å². The van der Waals surface area contributed by atoms with Crippen LogP contribution in [0.2, 0.25) is 5.02 Å². The normalized spacial score (nSPS) is 11.9. The van der Waals surface area contributed by atoms with E-state index < -0.39 is 15.8 Å². The number of nitrogens with one attached hydrogen (secondary N) is 2. The number of methoxy groups -OCH3 is 1. The van der Waals surface area contributed by atoms with Gasteiger partial charge < -0.3 is 10.1 Å². The predicted octanol–water partition coefficient (Wildman–Crippen LogP) is 5.34. The van der Waals surface area contributed by atoms with Gasteiger partial charge in [0.2, 0.25) is 16.0 Å². The number of halogens is 2. The van der Waals surface area contributed by atoms with Gasteiger partial charge >= 0.3 is 0 Å². The first-order chi connectivity index (χ1) is 18.5. The summed E-state index contributed by atoms with van der Waals surface area (Å²) < 4.78 is 47.9. The summed E-state index contributed by atoms with van der Waals surface area (Å²) in [6.07, 6.45) is 4.06. The molecule has 2 aromatic carbocycles. The second-order valence-corrected chi connectivity index (χ2v) is 11.9. The van der Waals surface area contributed by atoms with Gasteiger partial charge in [0.05, 0.1) is 28.3 Å². The lowest BCUT2D eigenvalue weighted by molar-refractivity contribution is 0.356. The summed E-state index contributed by atoms with van der Waals surface area (Å²) in [6, 6.07) is 12.2. The fourth-order valence-electron chi connectivity index (χ4n) is 3.73. The Kier molecular flexibility index (Phi) is 8.53. The maximum absolute atomic E-state index is 13.4. The zero-order valence-electron chi connectivity index (χ0n) is 22.1. The molecule has 2 aromatic heterocycles. The number of anilines is 1. The fourth-order valence-corrected chi connectivity index (χ4v) is 5.03. The molecule has 0 saturated carbocycles. The zero-order chi connectivity index (χ0) is 28.2. The molecule has 0 amide bonds. The molecule has 9 nitrogen and oxygen atoms in total. The maximum Gasteiger partial charge on any atom is 0.240 e. The van der Waals surface area contributed by atoms with Crippen LogP contribution in [0.5, 0.6) is 5.75 Å². The number of hydrogen-bond acceptors (Lipinski definition) is 7. The molecule has 0 radical (unpaired) electrons. The largest absolute Gasteiger partial charge is 0.495 e. The average Bonchev–Trinajstić information content (AvgIpc) is 3.35. The number of benzene rings is 2. The van der Waals surface area contributed by atoms with E-state index in [2.05, 4.69) is 40.8 Å². The zero-order valence-corrected chi connectivity index (χ0v) is 23.6. The molecule has 206 valence electrons. The van der Waals surface area contributed by atoms with E-state index in [1.807, 2.05) is 23.0 Å². The number of sulfonamides is 1. The van der Waals surface area contributed by atoms with Crippen molar-refractivity contribution in [3.05, 3.63) is 71.8 Å².